The van der Waals surface area contributed by atoms with Gasteiger partial charge in [0.25, 0.3) is 0 Å². The maximum absolute atomic E-state index is 10.5. The van der Waals surface area contributed by atoms with Gasteiger partial charge < -0.3 is 9.84 Å². The molecule has 31 heavy (non-hydrogen) atoms. The van der Waals surface area contributed by atoms with Crippen LogP contribution in [0.5, 0.6) is 0 Å². The molecule has 0 bridgehead atoms. The first-order valence-corrected chi connectivity index (χ1v) is 14.1. The molecule has 0 aliphatic carbocycles. The van der Waals surface area contributed by atoms with Crippen LogP contribution in [0.2, 0.25) is 0 Å². The molecule has 4 heteroatoms. The molecular formula is C27H38O3P+. The van der Waals surface area contributed by atoms with Gasteiger partial charge in [-0.3, -0.25) is 4.79 Å². The summed E-state index contributed by atoms with van der Waals surface area (Å²) in [7, 11) is -1.46. The summed E-state index contributed by atoms with van der Waals surface area (Å²) in [6, 6.07) is 22.4. The van der Waals surface area contributed by atoms with Crippen molar-refractivity contribution in [2.24, 2.45) is 0 Å². The number of unbranched alkanes of at least 4 members (excludes halogenated alkanes) is 8. The molecule has 2 aromatic rings. The van der Waals surface area contributed by atoms with Gasteiger partial charge >= 0.3 is 5.97 Å². The van der Waals surface area contributed by atoms with E-state index in [-0.39, 0.29) is 0 Å². The summed E-state index contributed by atoms with van der Waals surface area (Å²) in [5, 5.41) is 11.8. The van der Waals surface area contributed by atoms with Crippen LogP contribution in [-0.2, 0) is 9.53 Å². The average molecular weight is 442 g/mol. The first kappa shape index (κ1) is 24.0. The summed E-state index contributed by atoms with van der Waals surface area (Å²) in [6.45, 7) is 1.80. The first-order valence-electron chi connectivity index (χ1n) is 12.0. The lowest BCUT2D eigenvalue weighted by atomic mass is 10.1. The number of hydrogen-bond donors (Lipinski definition) is 1. The number of rotatable bonds is 15. The largest absolute Gasteiger partial charge is 0.481 e. The van der Waals surface area contributed by atoms with E-state index in [0.717, 1.165) is 26.1 Å². The van der Waals surface area contributed by atoms with E-state index in [1.807, 2.05) is 0 Å². The molecule has 1 heterocycles. The van der Waals surface area contributed by atoms with E-state index in [4.69, 9.17) is 9.84 Å². The number of ether oxygens (including phenoxy) is 1. The molecule has 1 aliphatic rings. The van der Waals surface area contributed by atoms with Gasteiger partial charge in [0.05, 0.1) is 37.2 Å². The Hall–Kier alpha value is -1.70. The summed E-state index contributed by atoms with van der Waals surface area (Å²) >= 11 is 0. The van der Waals surface area contributed by atoms with Gasteiger partial charge in [0, 0.05) is 6.42 Å². The smallest absolute Gasteiger partial charge is 0.303 e. The molecule has 168 valence electrons. The molecule has 3 rings (SSSR count). The van der Waals surface area contributed by atoms with Gasteiger partial charge in [0.15, 0.2) is 0 Å². The van der Waals surface area contributed by atoms with Crippen molar-refractivity contribution >= 4 is 23.8 Å². The Balaban J connectivity index is 1.50. The lowest BCUT2D eigenvalue weighted by Crippen LogP contribution is -2.45. The zero-order valence-electron chi connectivity index (χ0n) is 18.8. The molecular weight excluding hydrogens is 403 g/mol. The standard InChI is InChI=1S/C27H37O3P/c28-27(29)20-14-6-4-2-1-3-5-7-15-21-31(26-22-30-23-26,24-16-10-8-11-17-24)25-18-12-9-13-19-25/h8-13,16-19,26H,1-7,14-15,20-23H2/p+1. The predicted molar refractivity (Wildman–Crippen MR) is 132 cm³/mol. The maximum atomic E-state index is 10.5. The zero-order chi connectivity index (χ0) is 21.8. The Labute approximate surface area is 188 Å². The van der Waals surface area contributed by atoms with Gasteiger partial charge in [0.1, 0.15) is 5.66 Å². The number of hydrogen-bond acceptors (Lipinski definition) is 2. The number of carbonyl (C=O) groups is 1. The first-order chi connectivity index (χ1) is 15.2. The lowest BCUT2D eigenvalue weighted by molar-refractivity contribution is -0.137. The molecule has 1 saturated heterocycles. The van der Waals surface area contributed by atoms with E-state index in [1.165, 1.54) is 61.7 Å². The van der Waals surface area contributed by atoms with Crippen molar-refractivity contribution in [3.8, 4) is 0 Å². The highest BCUT2D eigenvalue weighted by atomic mass is 31.2. The second kappa shape index (κ2) is 13.0. The highest BCUT2D eigenvalue weighted by Crippen LogP contribution is 2.63. The fourth-order valence-corrected chi connectivity index (χ4v) is 9.63. The van der Waals surface area contributed by atoms with Crippen LogP contribution >= 0.6 is 7.26 Å². The molecule has 0 amide bonds. The van der Waals surface area contributed by atoms with Crippen LogP contribution in [0, 0.1) is 0 Å². The fraction of sp³-hybridized carbons (Fsp3) is 0.519. The van der Waals surface area contributed by atoms with Gasteiger partial charge in [0.2, 0.25) is 0 Å². The fourth-order valence-electron chi connectivity index (χ4n) is 4.75. The predicted octanol–water partition coefficient (Wildman–Crippen LogP) is 6.04. The van der Waals surface area contributed by atoms with Crippen LogP contribution in [0.4, 0.5) is 0 Å². The molecule has 1 fully saturated rings. The maximum Gasteiger partial charge on any atom is 0.303 e. The molecule has 3 nitrogen and oxygen atoms in total. The highest BCUT2D eigenvalue weighted by molar-refractivity contribution is 7.90. The monoisotopic (exact) mass is 441 g/mol. The summed E-state index contributed by atoms with van der Waals surface area (Å²) < 4.78 is 5.69. The summed E-state index contributed by atoms with van der Waals surface area (Å²) in [5.74, 6) is -0.668. The van der Waals surface area contributed by atoms with Gasteiger partial charge in [-0.15, -0.1) is 0 Å². The van der Waals surface area contributed by atoms with E-state index >= 15 is 0 Å². The molecule has 2 aromatic carbocycles. The van der Waals surface area contributed by atoms with Gasteiger partial charge in [-0.25, -0.2) is 0 Å². The second-order valence-electron chi connectivity index (χ2n) is 8.78. The minimum Gasteiger partial charge on any atom is -0.481 e. The summed E-state index contributed by atoms with van der Waals surface area (Å²) in [6.07, 6.45) is 12.4. The van der Waals surface area contributed by atoms with Gasteiger partial charge in [-0.2, -0.15) is 0 Å². The number of carboxylic acids is 1. The van der Waals surface area contributed by atoms with Crippen molar-refractivity contribution < 1.29 is 14.6 Å². The Bertz CT molecular complexity index is 719. The zero-order valence-corrected chi connectivity index (χ0v) is 19.6. The molecule has 0 saturated carbocycles. The van der Waals surface area contributed by atoms with Crippen LogP contribution in [-0.4, -0.2) is 36.1 Å². The van der Waals surface area contributed by atoms with Crippen molar-refractivity contribution in [2.45, 2.75) is 69.9 Å². The van der Waals surface area contributed by atoms with Crippen molar-refractivity contribution in [1.29, 1.82) is 0 Å². The Morgan fingerprint density at radius 2 is 1.19 bits per heavy atom. The number of aliphatic carboxylic acids is 1. The van der Waals surface area contributed by atoms with Crippen LogP contribution in [0.3, 0.4) is 0 Å². The molecule has 0 atom stereocenters. The van der Waals surface area contributed by atoms with E-state index in [9.17, 15) is 4.79 Å². The topological polar surface area (TPSA) is 46.5 Å². The van der Waals surface area contributed by atoms with Crippen molar-refractivity contribution in [3.63, 3.8) is 0 Å². The molecule has 0 spiro atoms. The van der Waals surface area contributed by atoms with Crippen molar-refractivity contribution in [3.05, 3.63) is 60.7 Å². The average Bonchev–Trinajstić information content (AvgIpc) is 2.76. The van der Waals surface area contributed by atoms with Crippen molar-refractivity contribution in [2.75, 3.05) is 19.4 Å². The van der Waals surface area contributed by atoms with Crippen LogP contribution in [0.15, 0.2) is 60.7 Å². The minimum atomic E-state index is -1.46. The Kier molecular flexibility index (Phi) is 10.0. The third-order valence-electron chi connectivity index (χ3n) is 6.58. The SMILES string of the molecule is O=C(O)CCCCCCCCCCC[P+](c1ccccc1)(c1ccccc1)C1COC1. The molecule has 0 unspecified atom stereocenters. The second-order valence-corrected chi connectivity index (χ2v) is 12.7. The summed E-state index contributed by atoms with van der Waals surface area (Å²) in [4.78, 5) is 10.5. The van der Waals surface area contributed by atoms with Gasteiger partial charge in [-0.05, 0) is 43.5 Å². The van der Waals surface area contributed by atoms with E-state index in [1.54, 1.807) is 0 Å². The molecule has 0 radical (unpaired) electrons. The normalized spacial score (nSPS) is 14.3. The third kappa shape index (κ3) is 6.89. The van der Waals surface area contributed by atoms with Crippen LogP contribution in [0.25, 0.3) is 0 Å². The van der Waals surface area contributed by atoms with E-state index in [0.29, 0.717) is 12.1 Å². The highest BCUT2D eigenvalue weighted by Gasteiger charge is 2.52. The third-order valence-corrected chi connectivity index (χ3v) is 11.6. The summed E-state index contributed by atoms with van der Waals surface area (Å²) in [5.41, 5.74) is 0.656. The van der Waals surface area contributed by atoms with Crippen LogP contribution < -0.4 is 10.6 Å². The Morgan fingerprint density at radius 1 is 0.742 bits per heavy atom. The minimum absolute atomic E-state index is 0.319. The molecule has 0 aromatic heterocycles. The molecule has 1 N–H and O–H groups in total. The molecule has 1 aliphatic heterocycles. The van der Waals surface area contributed by atoms with E-state index in [2.05, 4.69) is 60.7 Å². The van der Waals surface area contributed by atoms with Crippen LogP contribution in [0.1, 0.15) is 64.2 Å². The Morgan fingerprint density at radius 3 is 1.61 bits per heavy atom. The number of carboxylic acid groups (broad SMARTS) is 1. The van der Waals surface area contributed by atoms with E-state index < -0.39 is 13.2 Å². The number of benzene rings is 2. The van der Waals surface area contributed by atoms with Gasteiger partial charge in [-0.1, -0.05) is 74.9 Å². The quantitative estimate of drug-likeness (QED) is 0.271. The lowest BCUT2D eigenvalue weighted by Gasteiger charge is -2.39. The van der Waals surface area contributed by atoms with Crippen molar-refractivity contribution in [1.82, 2.24) is 0 Å².